The molecule has 0 bridgehead atoms. The molecule has 0 atom stereocenters. The Bertz CT molecular complexity index is 1210. The molecule has 3 N–H and O–H groups in total. The Labute approximate surface area is 157 Å². The maximum Gasteiger partial charge on any atom is 0.325 e. The molecule has 2 aromatic heterocycles. The first kappa shape index (κ1) is 18.4. The number of amides is 1. The molecule has 9 heteroatoms. The molecule has 2 heterocycles. The van der Waals surface area contributed by atoms with Gasteiger partial charge < -0.3 is 10.3 Å². The topological polar surface area (TPSA) is 131 Å². The van der Waals surface area contributed by atoms with Gasteiger partial charge in [-0.05, 0) is 31.0 Å². The fourth-order valence-corrected chi connectivity index (χ4v) is 3.29. The number of hydrogen-bond acceptors (Lipinski definition) is 6. The highest BCUT2D eigenvalue weighted by Crippen LogP contribution is 2.28. The van der Waals surface area contributed by atoms with Crippen LogP contribution < -0.4 is 16.6 Å². The fourth-order valence-electron chi connectivity index (χ4n) is 2.53. The van der Waals surface area contributed by atoms with E-state index in [1.807, 2.05) is 31.0 Å². The summed E-state index contributed by atoms with van der Waals surface area (Å²) in [5.74, 6) is -0.499. The van der Waals surface area contributed by atoms with Crippen LogP contribution in [0.25, 0.3) is 10.9 Å². The van der Waals surface area contributed by atoms with Gasteiger partial charge in [-0.3, -0.25) is 14.6 Å². The van der Waals surface area contributed by atoms with Crippen molar-refractivity contribution in [2.75, 3.05) is 11.1 Å². The number of anilines is 1. The highest BCUT2D eigenvalue weighted by atomic mass is 32.2. The predicted molar refractivity (Wildman–Crippen MR) is 103 cm³/mol. The first-order chi connectivity index (χ1) is 12.9. The van der Waals surface area contributed by atoms with E-state index >= 15 is 0 Å². The van der Waals surface area contributed by atoms with Crippen LogP contribution in [-0.2, 0) is 4.79 Å². The number of hydrogen-bond donors (Lipinski definition) is 3. The standard InChI is InChI=1S/C18H15N5O3S/c1-9-3-4-10(2)15-12(9)5-11(6-19)17(22-15)27-8-14(24)21-13-7-20-18(26)23-16(13)25/h3-5,7H,8H2,1-2H3,(H,21,24)(H2,20,23,25,26). The van der Waals surface area contributed by atoms with Gasteiger partial charge in [0.1, 0.15) is 16.8 Å². The van der Waals surface area contributed by atoms with Gasteiger partial charge in [0.25, 0.3) is 5.56 Å². The SMILES string of the molecule is Cc1ccc(C)c2nc(SCC(=O)Nc3c[nH]c(=O)[nH]c3=O)c(C#N)cc12. The van der Waals surface area contributed by atoms with Crippen molar-refractivity contribution in [3.63, 3.8) is 0 Å². The molecule has 0 aliphatic heterocycles. The number of H-pyrrole nitrogens is 2. The summed E-state index contributed by atoms with van der Waals surface area (Å²) in [6.07, 6.45) is 1.13. The molecule has 1 aromatic carbocycles. The molecular formula is C18H15N5O3S. The Balaban J connectivity index is 1.83. The third-order valence-corrected chi connectivity index (χ3v) is 4.91. The number of thioether (sulfide) groups is 1. The summed E-state index contributed by atoms with van der Waals surface area (Å²) in [6.45, 7) is 3.89. The number of nitriles is 1. The Kier molecular flexibility index (Phi) is 5.09. The summed E-state index contributed by atoms with van der Waals surface area (Å²) in [7, 11) is 0. The summed E-state index contributed by atoms with van der Waals surface area (Å²) < 4.78 is 0. The molecule has 1 amide bonds. The quantitative estimate of drug-likeness (QED) is 0.591. The van der Waals surface area contributed by atoms with Crippen molar-refractivity contribution in [3.05, 3.63) is 61.9 Å². The van der Waals surface area contributed by atoms with Crippen LogP contribution in [0.5, 0.6) is 0 Å². The van der Waals surface area contributed by atoms with Crippen LogP contribution in [0.3, 0.4) is 0 Å². The zero-order chi connectivity index (χ0) is 19.6. The molecule has 0 spiro atoms. The van der Waals surface area contributed by atoms with Gasteiger partial charge in [-0.15, -0.1) is 0 Å². The maximum atomic E-state index is 12.1. The van der Waals surface area contributed by atoms with Gasteiger partial charge in [-0.1, -0.05) is 23.9 Å². The van der Waals surface area contributed by atoms with E-state index < -0.39 is 17.2 Å². The number of aryl methyl sites for hydroxylation is 2. The normalized spacial score (nSPS) is 10.6. The van der Waals surface area contributed by atoms with Crippen molar-refractivity contribution in [2.45, 2.75) is 18.9 Å². The van der Waals surface area contributed by atoms with Crippen LogP contribution in [0.15, 0.2) is 39.0 Å². The minimum Gasteiger partial charge on any atom is -0.320 e. The van der Waals surface area contributed by atoms with E-state index in [4.69, 9.17) is 0 Å². The van der Waals surface area contributed by atoms with Gasteiger partial charge in [0.15, 0.2) is 0 Å². The number of nitrogens with zero attached hydrogens (tertiary/aromatic N) is 2. The van der Waals surface area contributed by atoms with Crippen molar-refractivity contribution in [2.24, 2.45) is 0 Å². The highest BCUT2D eigenvalue weighted by Gasteiger charge is 2.13. The maximum absolute atomic E-state index is 12.1. The minimum atomic E-state index is -0.690. The predicted octanol–water partition coefficient (Wildman–Crippen LogP) is 1.83. The number of benzene rings is 1. The summed E-state index contributed by atoms with van der Waals surface area (Å²) >= 11 is 1.11. The van der Waals surface area contributed by atoms with Gasteiger partial charge >= 0.3 is 5.69 Å². The Hall–Kier alpha value is -3.38. The lowest BCUT2D eigenvalue weighted by Crippen LogP contribution is -2.27. The zero-order valence-electron chi connectivity index (χ0n) is 14.5. The number of rotatable bonds is 4. The number of aromatic amines is 2. The minimum absolute atomic E-state index is 0.0450. The van der Waals surface area contributed by atoms with Crippen LogP contribution in [0.4, 0.5) is 5.69 Å². The van der Waals surface area contributed by atoms with E-state index in [1.54, 1.807) is 6.07 Å². The van der Waals surface area contributed by atoms with E-state index in [-0.39, 0.29) is 11.4 Å². The molecule has 3 rings (SSSR count). The lowest BCUT2D eigenvalue weighted by atomic mass is 10.0. The molecule has 3 aromatic rings. The second-order valence-electron chi connectivity index (χ2n) is 5.87. The van der Waals surface area contributed by atoms with Crippen molar-refractivity contribution < 1.29 is 4.79 Å². The Morgan fingerprint density at radius 1 is 1.30 bits per heavy atom. The third-order valence-electron chi connectivity index (χ3n) is 3.92. The van der Waals surface area contributed by atoms with E-state index in [0.717, 1.165) is 40.0 Å². The Morgan fingerprint density at radius 3 is 2.74 bits per heavy atom. The van der Waals surface area contributed by atoms with E-state index in [1.165, 1.54) is 0 Å². The first-order valence-electron chi connectivity index (χ1n) is 7.94. The molecule has 0 aliphatic carbocycles. The lowest BCUT2D eigenvalue weighted by molar-refractivity contribution is -0.113. The number of carbonyl (C=O) groups excluding carboxylic acids is 1. The number of pyridine rings is 1. The molecule has 0 unspecified atom stereocenters. The van der Waals surface area contributed by atoms with Crippen molar-refractivity contribution in [1.82, 2.24) is 15.0 Å². The van der Waals surface area contributed by atoms with Gasteiger partial charge in [0, 0.05) is 11.6 Å². The molecule has 0 fully saturated rings. The van der Waals surface area contributed by atoms with Crippen LogP contribution in [0.1, 0.15) is 16.7 Å². The van der Waals surface area contributed by atoms with Crippen LogP contribution in [0.2, 0.25) is 0 Å². The van der Waals surface area contributed by atoms with Crippen molar-refractivity contribution in [1.29, 1.82) is 5.26 Å². The van der Waals surface area contributed by atoms with Crippen LogP contribution in [-0.4, -0.2) is 26.6 Å². The van der Waals surface area contributed by atoms with Crippen LogP contribution >= 0.6 is 11.8 Å². The molecular weight excluding hydrogens is 366 g/mol. The number of aromatic nitrogens is 3. The number of fused-ring (bicyclic) bond motifs is 1. The molecule has 0 saturated heterocycles. The first-order valence-corrected chi connectivity index (χ1v) is 8.93. The molecule has 0 saturated carbocycles. The smallest absolute Gasteiger partial charge is 0.320 e. The van der Waals surface area contributed by atoms with Gasteiger partial charge in [0.05, 0.1) is 16.8 Å². The van der Waals surface area contributed by atoms with E-state index in [9.17, 15) is 19.6 Å². The average molecular weight is 381 g/mol. The average Bonchev–Trinajstić information content (AvgIpc) is 2.65. The Morgan fingerprint density at radius 2 is 2.04 bits per heavy atom. The fraction of sp³-hybridized carbons (Fsp3) is 0.167. The largest absolute Gasteiger partial charge is 0.325 e. The monoisotopic (exact) mass is 381 g/mol. The van der Waals surface area contributed by atoms with Crippen molar-refractivity contribution >= 4 is 34.3 Å². The van der Waals surface area contributed by atoms with Gasteiger partial charge in [-0.2, -0.15) is 5.26 Å². The van der Waals surface area contributed by atoms with Crippen LogP contribution in [0, 0.1) is 25.2 Å². The number of nitrogens with one attached hydrogen (secondary N) is 3. The second-order valence-corrected chi connectivity index (χ2v) is 6.83. The summed E-state index contributed by atoms with van der Waals surface area (Å²) in [5, 5.41) is 13.2. The second kappa shape index (κ2) is 7.47. The van der Waals surface area contributed by atoms with Gasteiger partial charge in [-0.25, -0.2) is 9.78 Å². The highest BCUT2D eigenvalue weighted by molar-refractivity contribution is 8.00. The molecule has 0 aliphatic rings. The molecule has 0 radical (unpaired) electrons. The summed E-state index contributed by atoms with van der Waals surface area (Å²) in [5.41, 5.74) is 1.77. The van der Waals surface area contributed by atoms with Crippen molar-refractivity contribution in [3.8, 4) is 6.07 Å². The lowest BCUT2D eigenvalue weighted by Gasteiger charge is -2.09. The van der Waals surface area contributed by atoms with E-state index in [2.05, 4.69) is 21.4 Å². The van der Waals surface area contributed by atoms with Gasteiger partial charge in [0.2, 0.25) is 5.91 Å². The summed E-state index contributed by atoms with van der Waals surface area (Å²) in [4.78, 5) is 43.6. The molecule has 8 nitrogen and oxygen atoms in total. The zero-order valence-corrected chi connectivity index (χ0v) is 15.4. The number of carbonyl (C=O) groups is 1. The molecule has 27 heavy (non-hydrogen) atoms. The summed E-state index contributed by atoms with van der Waals surface area (Å²) in [6, 6.07) is 7.82. The molecule has 136 valence electrons. The third kappa shape index (κ3) is 3.91. The van der Waals surface area contributed by atoms with E-state index in [0.29, 0.717) is 10.6 Å².